The van der Waals surface area contributed by atoms with Gasteiger partial charge in [0.1, 0.15) is 8.24 Å². The van der Waals surface area contributed by atoms with E-state index in [1.165, 1.54) is 0 Å². The predicted octanol–water partition coefficient (Wildman–Crippen LogP) is 4.73. The number of rotatable bonds is 6. The highest BCUT2D eigenvalue weighted by Crippen LogP contribution is 2.34. The van der Waals surface area contributed by atoms with E-state index in [9.17, 15) is 0 Å². The molecule has 2 atom stereocenters. The number of ether oxygens (including phenoxy) is 1. The number of nitrogens with one attached hydrogen (secondary N) is 1. The molecule has 0 aromatic carbocycles. The third kappa shape index (κ3) is 6.73. The monoisotopic (exact) mass is 285 g/mol. The van der Waals surface area contributed by atoms with Crippen LogP contribution in [0.2, 0.25) is 18.1 Å². The second-order valence-corrected chi connectivity index (χ2v) is 13.1. The second kappa shape index (κ2) is 6.55. The van der Waals surface area contributed by atoms with Gasteiger partial charge in [-0.05, 0) is 39.2 Å². The van der Waals surface area contributed by atoms with Gasteiger partial charge >= 0.3 is 0 Å². The molecule has 0 aliphatic heterocycles. The fraction of sp³-hybridized carbons (Fsp3) is 0.875. The zero-order chi connectivity index (χ0) is 15.5. The SMILES string of the molecule is C=CC[C@H](N[Si](C)(C)C(C)(C)C)[C@H](C)OC(C)(C)C. The maximum atomic E-state index is 6.12. The Balaban J connectivity index is 4.88. The van der Waals surface area contributed by atoms with Crippen LogP contribution < -0.4 is 4.98 Å². The first kappa shape index (κ1) is 18.9. The molecular weight excluding hydrogens is 250 g/mol. The van der Waals surface area contributed by atoms with Crippen molar-refractivity contribution in [3.63, 3.8) is 0 Å². The Kier molecular flexibility index (Phi) is 6.51. The average molecular weight is 286 g/mol. The van der Waals surface area contributed by atoms with Gasteiger partial charge in [-0.15, -0.1) is 6.58 Å². The maximum absolute atomic E-state index is 6.12. The molecule has 0 bridgehead atoms. The number of hydrogen-bond donors (Lipinski definition) is 1. The molecule has 2 nitrogen and oxygen atoms in total. The van der Waals surface area contributed by atoms with Crippen molar-refractivity contribution in [2.24, 2.45) is 0 Å². The Morgan fingerprint density at radius 1 is 1.16 bits per heavy atom. The highest BCUT2D eigenvalue weighted by Gasteiger charge is 2.38. The lowest BCUT2D eigenvalue weighted by atomic mass is 10.1. The highest BCUT2D eigenvalue weighted by atomic mass is 28.3. The van der Waals surface area contributed by atoms with Gasteiger partial charge in [0.25, 0.3) is 0 Å². The molecule has 0 aliphatic carbocycles. The number of hydrogen-bond acceptors (Lipinski definition) is 2. The lowest BCUT2D eigenvalue weighted by Crippen LogP contribution is -2.59. The molecule has 0 unspecified atom stereocenters. The molecule has 0 radical (unpaired) electrons. The van der Waals surface area contributed by atoms with E-state index in [4.69, 9.17) is 4.74 Å². The Morgan fingerprint density at radius 3 is 1.95 bits per heavy atom. The molecule has 0 spiro atoms. The highest BCUT2D eigenvalue weighted by molar-refractivity contribution is 6.77. The van der Waals surface area contributed by atoms with Gasteiger partial charge in [0.15, 0.2) is 0 Å². The Morgan fingerprint density at radius 2 is 1.63 bits per heavy atom. The first-order valence-electron chi connectivity index (χ1n) is 7.36. The van der Waals surface area contributed by atoms with Crippen molar-refractivity contribution >= 4 is 8.24 Å². The van der Waals surface area contributed by atoms with E-state index < -0.39 is 8.24 Å². The summed E-state index contributed by atoms with van der Waals surface area (Å²) in [7, 11) is -1.52. The largest absolute Gasteiger partial charge is 0.371 e. The van der Waals surface area contributed by atoms with Crippen molar-refractivity contribution in [2.45, 2.75) is 90.8 Å². The van der Waals surface area contributed by atoms with Gasteiger partial charge in [0.2, 0.25) is 0 Å². The van der Waals surface area contributed by atoms with Crippen LogP contribution in [0.1, 0.15) is 54.9 Å². The minimum absolute atomic E-state index is 0.103. The first-order chi connectivity index (χ1) is 8.30. The van der Waals surface area contributed by atoms with Crippen LogP contribution >= 0.6 is 0 Å². The molecule has 0 saturated carbocycles. The standard InChI is InChI=1S/C16H35NOSi/c1-11-12-14(13(2)18-15(3,4)5)17-19(9,10)16(6,7)8/h11,13-14,17H,1,12H2,2-10H3/t13-,14-/m0/s1. The molecule has 0 aromatic heterocycles. The van der Waals surface area contributed by atoms with Crippen LogP contribution in [0.3, 0.4) is 0 Å². The molecular formula is C16H35NOSi. The Hall–Kier alpha value is -0.123. The van der Waals surface area contributed by atoms with Crippen LogP contribution in [-0.4, -0.2) is 26.0 Å². The normalized spacial score (nSPS) is 17.1. The summed E-state index contributed by atoms with van der Waals surface area (Å²) in [5, 5.41) is 0.327. The van der Waals surface area contributed by atoms with Gasteiger partial charge in [-0.3, -0.25) is 0 Å². The summed E-state index contributed by atoms with van der Waals surface area (Å²) >= 11 is 0. The predicted molar refractivity (Wildman–Crippen MR) is 89.2 cm³/mol. The smallest absolute Gasteiger partial charge is 0.125 e. The van der Waals surface area contributed by atoms with Gasteiger partial charge in [-0.1, -0.05) is 39.9 Å². The minimum atomic E-state index is -1.52. The molecule has 3 heteroatoms. The van der Waals surface area contributed by atoms with Crippen LogP contribution in [0.25, 0.3) is 0 Å². The summed E-state index contributed by atoms with van der Waals surface area (Å²) in [5.74, 6) is 0. The van der Waals surface area contributed by atoms with E-state index in [1.54, 1.807) is 0 Å². The fourth-order valence-electron chi connectivity index (χ4n) is 1.87. The lowest BCUT2D eigenvalue weighted by molar-refractivity contribution is -0.0634. The fourth-order valence-corrected chi connectivity index (χ4v) is 3.58. The molecule has 1 N–H and O–H groups in total. The van der Waals surface area contributed by atoms with Crippen molar-refractivity contribution < 1.29 is 4.74 Å². The molecule has 0 heterocycles. The molecule has 0 amide bonds. The van der Waals surface area contributed by atoms with Gasteiger partial charge in [-0.2, -0.15) is 0 Å². The van der Waals surface area contributed by atoms with Gasteiger partial charge in [0, 0.05) is 6.04 Å². The molecule has 0 fully saturated rings. The third-order valence-corrected chi connectivity index (χ3v) is 8.79. The summed E-state index contributed by atoms with van der Waals surface area (Å²) < 4.78 is 6.12. The Bertz CT molecular complexity index is 286. The van der Waals surface area contributed by atoms with Crippen molar-refractivity contribution in [3.8, 4) is 0 Å². The second-order valence-electron chi connectivity index (χ2n) is 8.09. The van der Waals surface area contributed by atoms with Crippen molar-refractivity contribution in [2.75, 3.05) is 0 Å². The van der Waals surface area contributed by atoms with Crippen LogP contribution in [0.15, 0.2) is 12.7 Å². The quantitative estimate of drug-likeness (QED) is 0.563. The van der Waals surface area contributed by atoms with Crippen LogP contribution in [0, 0.1) is 0 Å². The van der Waals surface area contributed by atoms with Gasteiger partial charge in [0.05, 0.1) is 11.7 Å². The summed E-state index contributed by atoms with van der Waals surface area (Å²) in [6.45, 7) is 24.2. The zero-order valence-electron chi connectivity index (χ0n) is 14.6. The summed E-state index contributed by atoms with van der Waals surface area (Å²) in [4.78, 5) is 3.90. The molecule has 114 valence electrons. The zero-order valence-corrected chi connectivity index (χ0v) is 15.6. The van der Waals surface area contributed by atoms with Crippen LogP contribution in [-0.2, 0) is 4.74 Å². The minimum Gasteiger partial charge on any atom is -0.371 e. The summed E-state index contributed by atoms with van der Waals surface area (Å²) in [5.41, 5.74) is -0.103. The first-order valence-corrected chi connectivity index (χ1v) is 10.4. The molecule has 0 aromatic rings. The third-order valence-electron chi connectivity index (χ3n) is 3.95. The molecule has 0 rings (SSSR count). The summed E-state index contributed by atoms with van der Waals surface area (Å²) in [6, 6.07) is 0.345. The van der Waals surface area contributed by atoms with E-state index in [2.05, 4.69) is 73.1 Å². The average Bonchev–Trinajstić information content (AvgIpc) is 2.12. The van der Waals surface area contributed by atoms with E-state index in [0.29, 0.717) is 11.1 Å². The lowest BCUT2D eigenvalue weighted by Gasteiger charge is -2.42. The van der Waals surface area contributed by atoms with E-state index in [1.807, 2.05) is 6.08 Å². The van der Waals surface area contributed by atoms with Gasteiger partial charge < -0.3 is 9.72 Å². The van der Waals surface area contributed by atoms with E-state index >= 15 is 0 Å². The van der Waals surface area contributed by atoms with E-state index in [0.717, 1.165) is 6.42 Å². The van der Waals surface area contributed by atoms with Crippen LogP contribution in [0.5, 0.6) is 0 Å². The summed E-state index contributed by atoms with van der Waals surface area (Å²) in [6.07, 6.45) is 3.13. The molecule has 0 saturated heterocycles. The van der Waals surface area contributed by atoms with Crippen molar-refractivity contribution in [1.82, 2.24) is 4.98 Å². The van der Waals surface area contributed by atoms with Gasteiger partial charge in [-0.25, -0.2) is 0 Å². The van der Waals surface area contributed by atoms with E-state index in [-0.39, 0.29) is 11.7 Å². The molecule has 19 heavy (non-hydrogen) atoms. The topological polar surface area (TPSA) is 21.3 Å². The maximum Gasteiger partial charge on any atom is 0.125 e. The van der Waals surface area contributed by atoms with Crippen LogP contribution in [0.4, 0.5) is 0 Å². The Labute approximate surface area is 122 Å². The van der Waals surface area contributed by atoms with Crippen molar-refractivity contribution in [3.05, 3.63) is 12.7 Å². The molecule has 0 aliphatic rings. The van der Waals surface area contributed by atoms with Crippen molar-refractivity contribution in [1.29, 1.82) is 0 Å².